The average Bonchev–Trinajstić information content (AvgIpc) is 3.25. The lowest BCUT2D eigenvalue weighted by molar-refractivity contribution is 0.0993. The molecule has 3 rings (SSSR count). The van der Waals surface area contributed by atoms with Gasteiger partial charge in [-0.1, -0.05) is 0 Å². The quantitative estimate of drug-likeness (QED) is 0.655. The number of thiophene rings is 1. The van der Waals surface area contributed by atoms with Crippen LogP contribution in [0.2, 0.25) is 0 Å². The molecule has 132 valence electrons. The number of furan rings is 1. The third kappa shape index (κ3) is 3.89. The number of carbonyl (C=O) groups excluding carboxylic acids is 3. The number of carbonyl (C=O) groups is 3. The maximum atomic E-state index is 12.5. The van der Waals surface area contributed by atoms with Crippen LogP contribution in [0.15, 0.2) is 53.1 Å². The fourth-order valence-electron chi connectivity index (χ4n) is 2.33. The van der Waals surface area contributed by atoms with Gasteiger partial charge in [-0.05, 0) is 61.9 Å². The molecule has 0 aliphatic carbocycles. The zero-order chi connectivity index (χ0) is 18.7. The molecule has 2 aromatic heterocycles. The minimum absolute atomic E-state index is 0.0334. The summed E-state index contributed by atoms with van der Waals surface area (Å²) in [6, 6.07) is 11.6. The average molecular weight is 368 g/mol. The Morgan fingerprint density at radius 1 is 1.00 bits per heavy atom. The number of amides is 2. The Kier molecular flexibility index (Phi) is 4.99. The van der Waals surface area contributed by atoms with Crippen molar-refractivity contribution in [1.29, 1.82) is 0 Å². The summed E-state index contributed by atoms with van der Waals surface area (Å²) in [7, 11) is 0. The first-order chi connectivity index (χ1) is 12.4. The highest BCUT2D eigenvalue weighted by molar-refractivity contribution is 7.18. The van der Waals surface area contributed by atoms with Crippen LogP contribution in [-0.2, 0) is 0 Å². The number of Topliss-reactive ketones (excluding diaryl/α,β-unsaturated/α-hetero) is 1. The van der Waals surface area contributed by atoms with Crippen molar-refractivity contribution in [3.05, 3.63) is 70.5 Å². The second-order valence-electron chi connectivity index (χ2n) is 5.64. The van der Waals surface area contributed by atoms with Crippen molar-refractivity contribution in [2.75, 3.05) is 10.6 Å². The number of anilines is 2. The summed E-state index contributed by atoms with van der Waals surface area (Å²) in [5, 5.41) is 6.06. The Labute approximate surface area is 153 Å². The maximum Gasteiger partial charge on any atom is 0.291 e. The van der Waals surface area contributed by atoms with Gasteiger partial charge in [0, 0.05) is 11.3 Å². The first-order valence-electron chi connectivity index (χ1n) is 7.81. The van der Waals surface area contributed by atoms with E-state index in [9.17, 15) is 14.4 Å². The monoisotopic (exact) mass is 368 g/mol. The van der Waals surface area contributed by atoms with Gasteiger partial charge in [-0.3, -0.25) is 14.4 Å². The zero-order valence-electron chi connectivity index (χ0n) is 14.2. The largest absolute Gasteiger partial charge is 0.459 e. The Morgan fingerprint density at radius 3 is 2.35 bits per heavy atom. The van der Waals surface area contributed by atoms with E-state index in [-0.39, 0.29) is 23.4 Å². The van der Waals surface area contributed by atoms with Crippen LogP contribution in [-0.4, -0.2) is 17.6 Å². The van der Waals surface area contributed by atoms with Crippen molar-refractivity contribution >= 4 is 39.6 Å². The van der Waals surface area contributed by atoms with E-state index in [1.54, 1.807) is 49.4 Å². The Balaban J connectivity index is 1.70. The molecule has 0 unspecified atom stereocenters. The van der Waals surface area contributed by atoms with Gasteiger partial charge in [0.15, 0.2) is 11.5 Å². The van der Waals surface area contributed by atoms with E-state index in [4.69, 9.17) is 4.42 Å². The van der Waals surface area contributed by atoms with Crippen molar-refractivity contribution in [3.8, 4) is 0 Å². The van der Waals surface area contributed by atoms with Crippen LogP contribution in [0.4, 0.5) is 10.7 Å². The van der Waals surface area contributed by atoms with E-state index in [0.29, 0.717) is 21.1 Å². The summed E-state index contributed by atoms with van der Waals surface area (Å²) in [5.41, 5.74) is 1.93. The molecule has 0 aliphatic rings. The first-order valence-corrected chi connectivity index (χ1v) is 8.63. The van der Waals surface area contributed by atoms with E-state index in [0.717, 1.165) is 5.56 Å². The molecule has 2 amide bonds. The van der Waals surface area contributed by atoms with Gasteiger partial charge in [-0.2, -0.15) is 0 Å². The van der Waals surface area contributed by atoms with Crippen molar-refractivity contribution in [2.45, 2.75) is 13.8 Å². The molecule has 2 heterocycles. The van der Waals surface area contributed by atoms with E-state index in [1.165, 1.54) is 24.5 Å². The van der Waals surface area contributed by atoms with Gasteiger partial charge in [0.05, 0.1) is 16.1 Å². The molecule has 0 radical (unpaired) electrons. The van der Waals surface area contributed by atoms with Crippen molar-refractivity contribution in [2.24, 2.45) is 0 Å². The fraction of sp³-hybridized carbons (Fsp3) is 0.105. The van der Waals surface area contributed by atoms with Gasteiger partial charge in [-0.15, -0.1) is 11.3 Å². The number of aryl methyl sites for hydroxylation is 1. The number of ketones is 1. The van der Waals surface area contributed by atoms with Crippen molar-refractivity contribution < 1.29 is 18.8 Å². The van der Waals surface area contributed by atoms with Crippen LogP contribution in [0.3, 0.4) is 0 Å². The van der Waals surface area contributed by atoms with Gasteiger partial charge in [0.1, 0.15) is 0 Å². The lowest BCUT2D eigenvalue weighted by atomic mass is 10.1. The SMILES string of the molecule is CC(=O)c1ccc(NC(=O)c2sc(NC(=O)c3ccco3)cc2C)cc1. The Morgan fingerprint density at radius 2 is 1.73 bits per heavy atom. The molecule has 0 spiro atoms. The molecular formula is C19H16N2O4S. The number of nitrogens with one attached hydrogen (secondary N) is 2. The number of hydrogen-bond donors (Lipinski definition) is 2. The third-order valence-corrected chi connectivity index (χ3v) is 4.81. The molecule has 0 bridgehead atoms. The topological polar surface area (TPSA) is 88.4 Å². The standard InChI is InChI=1S/C19H16N2O4S/c1-11-10-16(21-18(23)15-4-3-9-25-15)26-17(11)19(24)20-14-7-5-13(6-8-14)12(2)22/h3-10H,1-2H3,(H,20,24)(H,21,23). The Bertz CT molecular complexity index is 956. The lowest BCUT2D eigenvalue weighted by Crippen LogP contribution is -2.11. The first kappa shape index (κ1) is 17.6. The van der Waals surface area contributed by atoms with E-state index < -0.39 is 0 Å². The van der Waals surface area contributed by atoms with Crippen LogP contribution in [0.5, 0.6) is 0 Å². The molecule has 6 nitrogen and oxygen atoms in total. The second-order valence-corrected chi connectivity index (χ2v) is 6.69. The maximum absolute atomic E-state index is 12.5. The normalized spacial score (nSPS) is 10.4. The van der Waals surface area contributed by atoms with Crippen LogP contribution in [0.25, 0.3) is 0 Å². The molecule has 7 heteroatoms. The van der Waals surface area contributed by atoms with Crippen LogP contribution < -0.4 is 10.6 Å². The van der Waals surface area contributed by atoms with Gasteiger partial charge < -0.3 is 15.1 Å². The molecule has 26 heavy (non-hydrogen) atoms. The minimum atomic E-state index is -0.372. The van der Waals surface area contributed by atoms with E-state index >= 15 is 0 Å². The van der Waals surface area contributed by atoms with Gasteiger partial charge >= 0.3 is 0 Å². The summed E-state index contributed by atoms with van der Waals surface area (Å²) in [5.74, 6) is -0.480. The fourth-order valence-corrected chi connectivity index (χ4v) is 3.29. The molecule has 0 fully saturated rings. The predicted molar refractivity (Wildman–Crippen MR) is 100 cm³/mol. The number of hydrogen-bond acceptors (Lipinski definition) is 5. The summed E-state index contributed by atoms with van der Waals surface area (Å²) < 4.78 is 5.05. The van der Waals surface area contributed by atoms with Crippen LogP contribution >= 0.6 is 11.3 Å². The predicted octanol–water partition coefficient (Wildman–Crippen LogP) is 4.36. The summed E-state index contributed by atoms with van der Waals surface area (Å²) in [6.07, 6.45) is 1.42. The highest BCUT2D eigenvalue weighted by Crippen LogP contribution is 2.28. The number of rotatable bonds is 5. The third-order valence-electron chi connectivity index (χ3n) is 3.65. The molecule has 0 atom stereocenters. The van der Waals surface area contributed by atoms with E-state index in [2.05, 4.69) is 10.6 Å². The van der Waals surface area contributed by atoms with E-state index in [1.807, 2.05) is 0 Å². The molecule has 0 saturated carbocycles. The summed E-state index contributed by atoms with van der Waals surface area (Å²) in [4.78, 5) is 36.3. The van der Waals surface area contributed by atoms with Crippen molar-refractivity contribution in [3.63, 3.8) is 0 Å². The molecule has 0 aliphatic heterocycles. The zero-order valence-corrected chi connectivity index (χ0v) is 15.0. The molecule has 2 N–H and O–H groups in total. The summed E-state index contributed by atoms with van der Waals surface area (Å²) in [6.45, 7) is 3.29. The minimum Gasteiger partial charge on any atom is -0.459 e. The summed E-state index contributed by atoms with van der Waals surface area (Å²) >= 11 is 1.18. The van der Waals surface area contributed by atoms with Gasteiger partial charge in [-0.25, -0.2) is 0 Å². The lowest BCUT2D eigenvalue weighted by Gasteiger charge is -2.05. The Hall–Kier alpha value is -3.19. The van der Waals surface area contributed by atoms with Crippen LogP contribution in [0.1, 0.15) is 43.1 Å². The van der Waals surface area contributed by atoms with Crippen LogP contribution in [0, 0.1) is 6.92 Å². The van der Waals surface area contributed by atoms with Crippen molar-refractivity contribution in [1.82, 2.24) is 0 Å². The molecular weight excluding hydrogens is 352 g/mol. The molecule has 0 saturated heterocycles. The molecule has 3 aromatic rings. The smallest absolute Gasteiger partial charge is 0.291 e. The molecule has 1 aromatic carbocycles. The highest BCUT2D eigenvalue weighted by atomic mass is 32.1. The number of benzene rings is 1. The highest BCUT2D eigenvalue weighted by Gasteiger charge is 2.16. The van der Waals surface area contributed by atoms with Gasteiger partial charge in [0.2, 0.25) is 0 Å². The second kappa shape index (κ2) is 7.37. The van der Waals surface area contributed by atoms with Gasteiger partial charge in [0.25, 0.3) is 11.8 Å².